The summed E-state index contributed by atoms with van der Waals surface area (Å²) in [5.41, 5.74) is 3.24. The number of halogens is 1. The van der Waals surface area contributed by atoms with E-state index in [0.717, 1.165) is 21.0 Å². The third kappa shape index (κ3) is 1.55. The standard InChI is InChI=1S/C14H9BrO/c15-11-6-7-12-13(9-16-14(12)8-11)10-4-2-1-3-5-10/h1-9H. The minimum absolute atomic E-state index is 0.910. The summed E-state index contributed by atoms with van der Waals surface area (Å²) in [4.78, 5) is 0. The van der Waals surface area contributed by atoms with Crippen LogP contribution in [0.2, 0.25) is 0 Å². The molecule has 0 spiro atoms. The maximum absolute atomic E-state index is 5.55. The van der Waals surface area contributed by atoms with Gasteiger partial charge >= 0.3 is 0 Å². The van der Waals surface area contributed by atoms with Crippen LogP contribution in [0.5, 0.6) is 0 Å². The van der Waals surface area contributed by atoms with E-state index in [4.69, 9.17) is 4.42 Å². The van der Waals surface area contributed by atoms with Crippen molar-refractivity contribution in [3.8, 4) is 11.1 Å². The van der Waals surface area contributed by atoms with Crippen LogP contribution in [0, 0.1) is 0 Å². The molecule has 0 aliphatic carbocycles. The Hall–Kier alpha value is -1.54. The molecule has 3 rings (SSSR count). The van der Waals surface area contributed by atoms with Crippen LogP contribution in [0.4, 0.5) is 0 Å². The second kappa shape index (κ2) is 3.80. The largest absolute Gasteiger partial charge is 0.464 e. The van der Waals surface area contributed by atoms with Gasteiger partial charge in [-0.05, 0) is 23.8 Å². The average molecular weight is 273 g/mol. The molecule has 0 atom stereocenters. The lowest BCUT2D eigenvalue weighted by Gasteiger charge is -1.97. The zero-order chi connectivity index (χ0) is 11.0. The van der Waals surface area contributed by atoms with Gasteiger partial charge in [-0.1, -0.05) is 46.3 Å². The van der Waals surface area contributed by atoms with Crippen LogP contribution in [0.1, 0.15) is 0 Å². The predicted molar refractivity (Wildman–Crippen MR) is 69.4 cm³/mol. The highest BCUT2D eigenvalue weighted by Gasteiger charge is 2.07. The molecule has 0 saturated carbocycles. The normalized spacial score (nSPS) is 10.8. The van der Waals surface area contributed by atoms with E-state index in [0.29, 0.717) is 0 Å². The molecular weight excluding hydrogens is 264 g/mol. The van der Waals surface area contributed by atoms with Crippen molar-refractivity contribution in [2.45, 2.75) is 0 Å². The van der Waals surface area contributed by atoms with Gasteiger partial charge in [0.15, 0.2) is 0 Å². The van der Waals surface area contributed by atoms with Gasteiger partial charge in [0.2, 0.25) is 0 Å². The Kier molecular flexibility index (Phi) is 2.29. The lowest BCUT2D eigenvalue weighted by atomic mass is 10.1. The second-order valence-corrected chi connectivity index (χ2v) is 4.57. The zero-order valence-corrected chi connectivity index (χ0v) is 10.1. The Bertz CT molecular complexity index is 626. The van der Waals surface area contributed by atoms with Crippen molar-refractivity contribution in [3.05, 3.63) is 59.3 Å². The topological polar surface area (TPSA) is 13.1 Å². The Labute approximate surface area is 102 Å². The molecule has 0 N–H and O–H groups in total. The molecule has 0 fully saturated rings. The molecule has 1 nitrogen and oxygen atoms in total. The van der Waals surface area contributed by atoms with E-state index in [2.05, 4.69) is 34.1 Å². The lowest BCUT2D eigenvalue weighted by Crippen LogP contribution is -1.73. The van der Waals surface area contributed by atoms with Gasteiger partial charge in [0, 0.05) is 15.4 Å². The maximum Gasteiger partial charge on any atom is 0.135 e. The number of hydrogen-bond donors (Lipinski definition) is 0. The number of furan rings is 1. The van der Waals surface area contributed by atoms with Crippen molar-refractivity contribution in [1.82, 2.24) is 0 Å². The van der Waals surface area contributed by atoms with Crippen LogP contribution < -0.4 is 0 Å². The minimum atomic E-state index is 0.910. The summed E-state index contributed by atoms with van der Waals surface area (Å²) in [5, 5.41) is 1.15. The van der Waals surface area contributed by atoms with Crippen LogP contribution in [0.15, 0.2) is 63.7 Å². The third-order valence-corrected chi connectivity index (χ3v) is 3.12. The third-order valence-electron chi connectivity index (χ3n) is 2.62. The monoisotopic (exact) mass is 272 g/mol. The molecule has 0 aliphatic heterocycles. The average Bonchev–Trinajstić information content (AvgIpc) is 2.73. The van der Waals surface area contributed by atoms with Gasteiger partial charge in [-0.25, -0.2) is 0 Å². The van der Waals surface area contributed by atoms with Crippen molar-refractivity contribution in [1.29, 1.82) is 0 Å². The van der Waals surface area contributed by atoms with Crippen LogP contribution in [-0.4, -0.2) is 0 Å². The summed E-state index contributed by atoms with van der Waals surface area (Å²) in [6.45, 7) is 0. The molecule has 2 heteroatoms. The van der Waals surface area contributed by atoms with Crippen molar-refractivity contribution in [2.24, 2.45) is 0 Å². The van der Waals surface area contributed by atoms with Crippen LogP contribution >= 0.6 is 15.9 Å². The summed E-state index contributed by atoms with van der Waals surface area (Å²) in [7, 11) is 0. The molecular formula is C14H9BrO. The molecule has 16 heavy (non-hydrogen) atoms. The highest BCUT2D eigenvalue weighted by atomic mass is 79.9. The first kappa shape index (κ1) is 9.67. The van der Waals surface area contributed by atoms with E-state index in [1.165, 1.54) is 5.56 Å². The molecule has 0 aliphatic rings. The fourth-order valence-electron chi connectivity index (χ4n) is 1.84. The lowest BCUT2D eigenvalue weighted by molar-refractivity contribution is 0.616. The second-order valence-electron chi connectivity index (χ2n) is 3.66. The van der Waals surface area contributed by atoms with E-state index in [9.17, 15) is 0 Å². The van der Waals surface area contributed by atoms with E-state index >= 15 is 0 Å². The molecule has 0 saturated heterocycles. The highest BCUT2D eigenvalue weighted by Crippen LogP contribution is 2.31. The summed E-state index contributed by atoms with van der Waals surface area (Å²) >= 11 is 3.44. The predicted octanol–water partition coefficient (Wildman–Crippen LogP) is 4.86. The molecule has 78 valence electrons. The summed E-state index contributed by atoms with van der Waals surface area (Å²) in [6.07, 6.45) is 1.81. The van der Waals surface area contributed by atoms with Gasteiger partial charge in [0.1, 0.15) is 5.58 Å². The van der Waals surface area contributed by atoms with Crippen LogP contribution in [-0.2, 0) is 0 Å². The molecule has 1 aromatic heterocycles. The van der Waals surface area contributed by atoms with Crippen molar-refractivity contribution < 1.29 is 4.42 Å². The number of fused-ring (bicyclic) bond motifs is 1. The number of hydrogen-bond acceptors (Lipinski definition) is 1. The summed E-state index contributed by atoms with van der Waals surface area (Å²) < 4.78 is 6.59. The Balaban J connectivity index is 2.26. The molecule has 2 aromatic carbocycles. The maximum atomic E-state index is 5.55. The molecule has 0 bridgehead atoms. The van der Waals surface area contributed by atoms with Gasteiger partial charge in [-0.2, -0.15) is 0 Å². The quantitative estimate of drug-likeness (QED) is 0.617. The molecule has 0 amide bonds. The molecule has 1 heterocycles. The van der Waals surface area contributed by atoms with Crippen LogP contribution in [0.3, 0.4) is 0 Å². The van der Waals surface area contributed by atoms with Crippen LogP contribution in [0.25, 0.3) is 22.1 Å². The molecule has 3 aromatic rings. The first-order chi connectivity index (χ1) is 7.84. The summed E-state index contributed by atoms with van der Waals surface area (Å²) in [5.74, 6) is 0. The fourth-order valence-corrected chi connectivity index (χ4v) is 2.18. The number of rotatable bonds is 1. The van der Waals surface area contributed by atoms with Gasteiger partial charge < -0.3 is 4.42 Å². The Morgan fingerprint density at radius 3 is 2.56 bits per heavy atom. The van der Waals surface area contributed by atoms with Crippen molar-refractivity contribution in [3.63, 3.8) is 0 Å². The van der Waals surface area contributed by atoms with E-state index in [-0.39, 0.29) is 0 Å². The first-order valence-electron chi connectivity index (χ1n) is 5.07. The first-order valence-corrected chi connectivity index (χ1v) is 5.86. The van der Waals surface area contributed by atoms with Gasteiger partial charge in [0.05, 0.1) is 6.26 Å². The Morgan fingerprint density at radius 1 is 0.938 bits per heavy atom. The van der Waals surface area contributed by atoms with E-state index in [1.807, 2.05) is 36.6 Å². The SMILES string of the molecule is Brc1ccc2c(-c3ccccc3)coc2c1. The Morgan fingerprint density at radius 2 is 1.75 bits per heavy atom. The van der Waals surface area contributed by atoms with E-state index in [1.54, 1.807) is 0 Å². The number of benzene rings is 2. The summed E-state index contributed by atoms with van der Waals surface area (Å²) in [6, 6.07) is 16.4. The van der Waals surface area contributed by atoms with Gasteiger partial charge in [0.25, 0.3) is 0 Å². The zero-order valence-electron chi connectivity index (χ0n) is 8.48. The van der Waals surface area contributed by atoms with E-state index < -0.39 is 0 Å². The smallest absolute Gasteiger partial charge is 0.135 e. The van der Waals surface area contributed by atoms with Crippen molar-refractivity contribution in [2.75, 3.05) is 0 Å². The van der Waals surface area contributed by atoms with Gasteiger partial charge in [-0.3, -0.25) is 0 Å². The van der Waals surface area contributed by atoms with Gasteiger partial charge in [-0.15, -0.1) is 0 Å². The van der Waals surface area contributed by atoms with Crippen molar-refractivity contribution >= 4 is 26.9 Å². The minimum Gasteiger partial charge on any atom is -0.464 e. The molecule has 0 radical (unpaired) electrons. The fraction of sp³-hybridized carbons (Fsp3) is 0. The molecule has 0 unspecified atom stereocenters. The highest BCUT2D eigenvalue weighted by molar-refractivity contribution is 9.10.